The second kappa shape index (κ2) is 15.8. The number of ether oxygens (including phenoxy) is 4. The third-order valence-electron chi connectivity index (χ3n) is 8.92. The van der Waals surface area contributed by atoms with Crippen LogP contribution in [-0.2, 0) is 37.2 Å². The van der Waals surface area contributed by atoms with Crippen molar-refractivity contribution in [1.82, 2.24) is 24.4 Å². The second-order valence-corrected chi connectivity index (χ2v) is 13.0. The smallest absolute Gasteiger partial charge is 0.431 e. The van der Waals surface area contributed by atoms with E-state index in [2.05, 4.69) is 15.3 Å². The first kappa shape index (κ1) is 37.6. The molecule has 1 aliphatic rings. The molecule has 3 aromatic heterocycles. The Balaban J connectivity index is 1.36. The van der Waals surface area contributed by atoms with Gasteiger partial charge < -0.3 is 29.2 Å². The van der Waals surface area contributed by atoms with Crippen molar-refractivity contribution in [2.24, 2.45) is 7.05 Å². The number of fused-ring (bicyclic) bond motifs is 2. The number of aromatic nitrogens is 4. The highest BCUT2D eigenvalue weighted by Gasteiger charge is 2.30. The molecule has 15 nitrogen and oxygen atoms in total. The van der Waals surface area contributed by atoms with Crippen LogP contribution in [-0.4, -0.2) is 81.9 Å². The Morgan fingerprint density at radius 3 is 2.46 bits per heavy atom. The summed E-state index contributed by atoms with van der Waals surface area (Å²) in [6, 6.07) is 9.48. The van der Waals surface area contributed by atoms with E-state index in [-0.39, 0.29) is 28.6 Å². The van der Waals surface area contributed by atoms with Crippen molar-refractivity contribution in [1.29, 1.82) is 0 Å². The van der Waals surface area contributed by atoms with Crippen LogP contribution in [0.3, 0.4) is 0 Å². The maximum atomic E-state index is 15.7. The van der Waals surface area contributed by atoms with Gasteiger partial charge in [0.25, 0.3) is 11.5 Å². The molecule has 1 fully saturated rings. The maximum Gasteiger partial charge on any atom is 0.511 e. The number of halogens is 1. The van der Waals surface area contributed by atoms with Crippen LogP contribution >= 0.6 is 0 Å². The first-order valence-electron chi connectivity index (χ1n) is 17.3. The molecule has 0 radical (unpaired) electrons. The first-order chi connectivity index (χ1) is 25.8. The number of hydrogen-bond acceptors (Lipinski definition) is 12. The summed E-state index contributed by atoms with van der Waals surface area (Å²) < 4.78 is 38.9. The molecule has 2 aromatic carbocycles. The Hall–Kier alpha value is -6.16. The standard InChI is InChI=1S/C38H39FN6O9/c1-21(2)52-38(50)54-23(4)53-36(48)29(42-34(46)32-22(3)17-25(19-28(32)39)44-13-15-51-16-14-44)18-24-8-9-30(33-26(24)7-6-11-41-33)45-35(47)27-10-12-40-20-31(27)43(5)37(45)49/h6-12,17,19-21,23,29H,13-16,18H2,1-5H3,(H,42,46). The van der Waals surface area contributed by atoms with Gasteiger partial charge in [-0.3, -0.25) is 24.1 Å². The van der Waals surface area contributed by atoms with Crippen LogP contribution in [0.25, 0.3) is 27.5 Å². The number of amides is 1. The van der Waals surface area contributed by atoms with Crippen molar-refractivity contribution < 1.29 is 37.7 Å². The average Bonchev–Trinajstić information content (AvgIpc) is 3.14. The van der Waals surface area contributed by atoms with E-state index in [4.69, 9.17) is 18.9 Å². The molecule has 0 aliphatic carbocycles. The van der Waals surface area contributed by atoms with Gasteiger partial charge in [-0.05, 0) is 62.2 Å². The lowest BCUT2D eigenvalue weighted by Gasteiger charge is -2.29. The maximum absolute atomic E-state index is 15.7. The molecule has 0 spiro atoms. The molecular weight excluding hydrogens is 703 g/mol. The van der Waals surface area contributed by atoms with Crippen LogP contribution < -0.4 is 21.5 Å². The predicted molar refractivity (Wildman–Crippen MR) is 195 cm³/mol. The van der Waals surface area contributed by atoms with Gasteiger partial charge >= 0.3 is 17.8 Å². The summed E-state index contributed by atoms with van der Waals surface area (Å²) in [5.74, 6) is -2.66. The monoisotopic (exact) mass is 742 g/mol. The molecule has 2 unspecified atom stereocenters. The van der Waals surface area contributed by atoms with Crippen molar-refractivity contribution in [3.05, 3.63) is 104 Å². The summed E-state index contributed by atoms with van der Waals surface area (Å²) >= 11 is 0. The number of rotatable bonds is 10. The number of carbonyl (C=O) groups excluding carboxylic acids is 3. The number of hydrogen-bond donors (Lipinski definition) is 1. The summed E-state index contributed by atoms with van der Waals surface area (Å²) in [6.07, 6.45) is 1.19. The van der Waals surface area contributed by atoms with Crippen LogP contribution in [0.5, 0.6) is 0 Å². The Kier molecular flexibility index (Phi) is 11.0. The Morgan fingerprint density at radius 1 is 0.981 bits per heavy atom. The lowest BCUT2D eigenvalue weighted by Crippen LogP contribution is -2.45. The lowest BCUT2D eigenvalue weighted by atomic mass is 9.99. The first-order valence-corrected chi connectivity index (χ1v) is 17.3. The molecule has 0 bridgehead atoms. The summed E-state index contributed by atoms with van der Waals surface area (Å²) in [5.41, 5.74) is 0.724. The Labute approximate surface area is 308 Å². The van der Waals surface area contributed by atoms with Crippen LogP contribution in [0.15, 0.2) is 70.6 Å². The van der Waals surface area contributed by atoms with Gasteiger partial charge in [0.15, 0.2) is 0 Å². The zero-order chi connectivity index (χ0) is 38.7. The molecule has 2 atom stereocenters. The molecule has 0 saturated carbocycles. The number of esters is 1. The van der Waals surface area contributed by atoms with Crippen molar-refractivity contribution in [3.63, 3.8) is 0 Å². The Morgan fingerprint density at radius 2 is 1.74 bits per heavy atom. The number of nitrogens with one attached hydrogen (secondary N) is 1. The summed E-state index contributed by atoms with van der Waals surface area (Å²) in [4.78, 5) is 77.3. The van der Waals surface area contributed by atoms with E-state index in [0.717, 1.165) is 4.57 Å². The number of morpholine rings is 1. The number of anilines is 1. The minimum Gasteiger partial charge on any atom is -0.431 e. The largest absolute Gasteiger partial charge is 0.511 e. The zero-order valence-electron chi connectivity index (χ0n) is 30.3. The third-order valence-corrected chi connectivity index (χ3v) is 8.92. The minimum absolute atomic E-state index is 0.186. The average molecular weight is 743 g/mol. The quantitative estimate of drug-likeness (QED) is 0.163. The van der Waals surface area contributed by atoms with Gasteiger partial charge in [-0.25, -0.2) is 23.3 Å². The van der Waals surface area contributed by atoms with E-state index in [9.17, 15) is 24.0 Å². The number of benzene rings is 2. The number of nitrogens with zero attached hydrogens (tertiary/aromatic N) is 5. The molecule has 54 heavy (non-hydrogen) atoms. The highest BCUT2D eigenvalue weighted by Crippen LogP contribution is 2.26. The molecule has 1 aliphatic heterocycles. The fourth-order valence-corrected chi connectivity index (χ4v) is 6.37. The van der Waals surface area contributed by atoms with Gasteiger partial charge in [-0.1, -0.05) is 12.1 Å². The van der Waals surface area contributed by atoms with Crippen molar-refractivity contribution >= 4 is 45.5 Å². The van der Waals surface area contributed by atoms with Gasteiger partial charge in [0.2, 0.25) is 6.29 Å². The number of carbonyl (C=O) groups is 3. The van der Waals surface area contributed by atoms with Gasteiger partial charge in [0, 0.05) is 56.9 Å². The molecule has 6 rings (SSSR count). The molecule has 1 saturated heterocycles. The van der Waals surface area contributed by atoms with Crippen molar-refractivity contribution in [2.45, 2.75) is 52.6 Å². The summed E-state index contributed by atoms with van der Waals surface area (Å²) in [5, 5.41) is 3.33. The highest BCUT2D eigenvalue weighted by atomic mass is 19.1. The van der Waals surface area contributed by atoms with E-state index >= 15 is 4.39 Å². The van der Waals surface area contributed by atoms with Gasteiger partial charge in [-0.15, -0.1) is 0 Å². The van der Waals surface area contributed by atoms with E-state index in [1.165, 1.54) is 55.3 Å². The molecule has 4 heterocycles. The summed E-state index contributed by atoms with van der Waals surface area (Å²) in [7, 11) is 1.53. The van der Waals surface area contributed by atoms with E-state index in [1.54, 1.807) is 45.0 Å². The molecular formula is C38H39FN6O9. The van der Waals surface area contributed by atoms with Crippen LogP contribution in [0.4, 0.5) is 14.9 Å². The lowest BCUT2D eigenvalue weighted by molar-refractivity contribution is -0.170. The molecule has 16 heteroatoms. The number of aryl methyl sites for hydroxylation is 2. The van der Waals surface area contributed by atoms with Crippen LogP contribution in [0.1, 0.15) is 42.3 Å². The van der Waals surface area contributed by atoms with Crippen LogP contribution in [0, 0.1) is 12.7 Å². The molecule has 1 amide bonds. The molecule has 5 aromatic rings. The number of pyridine rings is 2. The SMILES string of the molecule is Cc1cc(N2CCOCC2)cc(F)c1C(=O)NC(Cc1ccc(-n2c(=O)c3ccncc3n(C)c2=O)c2ncccc12)C(=O)OC(C)OC(=O)OC(C)C. The molecule has 282 valence electrons. The van der Waals surface area contributed by atoms with Crippen molar-refractivity contribution in [3.8, 4) is 5.69 Å². The van der Waals surface area contributed by atoms with Crippen molar-refractivity contribution in [2.75, 3.05) is 31.2 Å². The normalized spacial score (nSPS) is 14.2. The third kappa shape index (κ3) is 7.78. The van der Waals surface area contributed by atoms with E-state index < -0.39 is 53.5 Å². The van der Waals surface area contributed by atoms with E-state index in [1.807, 2.05) is 4.90 Å². The van der Waals surface area contributed by atoms with Gasteiger partial charge in [0.1, 0.15) is 11.9 Å². The van der Waals surface area contributed by atoms with Gasteiger partial charge in [-0.2, -0.15) is 0 Å². The zero-order valence-corrected chi connectivity index (χ0v) is 30.3. The Bertz CT molecular complexity index is 2350. The topological polar surface area (TPSA) is 173 Å². The van der Waals surface area contributed by atoms with Crippen LogP contribution in [0.2, 0.25) is 0 Å². The van der Waals surface area contributed by atoms with E-state index in [0.29, 0.717) is 54.0 Å². The highest BCUT2D eigenvalue weighted by molar-refractivity contribution is 5.99. The fraction of sp³-hybridized carbons (Fsp3) is 0.342. The molecule has 1 N–H and O–H groups in total. The fourth-order valence-electron chi connectivity index (χ4n) is 6.37. The minimum atomic E-state index is -1.44. The summed E-state index contributed by atoms with van der Waals surface area (Å²) in [6.45, 7) is 8.24. The van der Waals surface area contributed by atoms with Gasteiger partial charge in [0.05, 0.1) is 53.2 Å². The predicted octanol–water partition coefficient (Wildman–Crippen LogP) is 3.71. The second-order valence-electron chi connectivity index (χ2n) is 13.0.